The molecule has 0 saturated heterocycles. The Bertz CT molecular complexity index is 1050. The largest absolute Gasteiger partial charge is 0.323 e. The molecule has 0 radical (unpaired) electrons. The highest BCUT2D eigenvalue weighted by molar-refractivity contribution is 7.18. The van der Waals surface area contributed by atoms with Gasteiger partial charge in [-0.3, -0.25) is 4.79 Å². The number of nitrogens with one attached hydrogen (secondary N) is 1. The number of carbonyl (C=O) groups excluding carboxylic acids is 1. The van der Waals surface area contributed by atoms with Crippen LogP contribution in [0.5, 0.6) is 0 Å². The molecule has 0 fully saturated rings. The van der Waals surface area contributed by atoms with Crippen molar-refractivity contribution in [2.75, 3.05) is 5.32 Å². The van der Waals surface area contributed by atoms with Crippen LogP contribution in [0.1, 0.15) is 16.1 Å². The van der Waals surface area contributed by atoms with E-state index in [0.29, 0.717) is 0 Å². The normalized spacial score (nSPS) is 11.1. The van der Waals surface area contributed by atoms with Gasteiger partial charge in [0.15, 0.2) is 0 Å². The number of hydrogen-bond acceptors (Lipinski definition) is 3. The lowest BCUT2D eigenvalue weighted by Crippen LogP contribution is -2.07. The van der Waals surface area contributed by atoms with Gasteiger partial charge in [0.05, 0.1) is 15.2 Å². The number of fused-ring (bicyclic) bond motifs is 1. The molecule has 0 atom stereocenters. The fourth-order valence-corrected chi connectivity index (χ4v) is 3.80. The van der Waals surface area contributed by atoms with E-state index < -0.39 is 0 Å². The molecule has 27 heavy (non-hydrogen) atoms. The highest BCUT2D eigenvalue weighted by Gasteiger charge is 2.05. The minimum Gasteiger partial charge on any atom is -0.323 e. The van der Waals surface area contributed by atoms with E-state index in [9.17, 15) is 4.79 Å². The number of aromatic nitrogens is 1. The fraction of sp³-hybridized carbons (Fsp3) is 0.0435. The van der Waals surface area contributed by atoms with Crippen molar-refractivity contribution in [2.45, 2.75) is 6.42 Å². The third kappa shape index (κ3) is 4.49. The van der Waals surface area contributed by atoms with Gasteiger partial charge in [0.25, 0.3) is 0 Å². The second-order valence-electron chi connectivity index (χ2n) is 6.18. The van der Waals surface area contributed by atoms with E-state index in [2.05, 4.69) is 16.4 Å². The molecule has 1 aromatic heterocycles. The first kappa shape index (κ1) is 17.2. The fourth-order valence-electron chi connectivity index (χ4n) is 2.80. The summed E-state index contributed by atoms with van der Waals surface area (Å²) in [6, 6.07) is 25.9. The number of carbonyl (C=O) groups is 1. The van der Waals surface area contributed by atoms with Crippen LogP contribution in [-0.4, -0.2) is 10.9 Å². The number of anilines is 1. The molecule has 0 aliphatic carbocycles. The quantitative estimate of drug-likeness (QED) is 0.469. The maximum atomic E-state index is 12.1. The Morgan fingerprint density at radius 2 is 1.67 bits per heavy atom. The Morgan fingerprint density at radius 1 is 0.926 bits per heavy atom. The van der Waals surface area contributed by atoms with Gasteiger partial charge < -0.3 is 5.32 Å². The van der Waals surface area contributed by atoms with Crippen LogP contribution >= 0.6 is 11.3 Å². The molecular weight excluding hydrogens is 352 g/mol. The van der Waals surface area contributed by atoms with E-state index in [1.165, 1.54) is 10.3 Å². The van der Waals surface area contributed by atoms with Gasteiger partial charge in [0.1, 0.15) is 0 Å². The minimum absolute atomic E-state index is 0.141. The molecule has 132 valence electrons. The smallest absolute Gasteiger partial charge is 0.248 e. The van der Waals surface area contributed by atoms with Crippen LogP contribution in [0.25, 0.3) is 16.3 Å². The summed E-state index contributed by atoms with van der Waals surface area (Å²) in [5, 5.41) is 3.98. The summed E-state index contributed by atoms with van der Waals surface area (Å²) in [6.45, 7) is 0. The lowest BCUT2D eigenvalue weighted by atomic mass is 10.1. The highest BCUT2D eigenvalue weighted by Crippen LogP contribution is 2.24. The molecule has 1 amide bonds. The van der Waals surface area contributed by atoms with Gasteiger partial charge in [-0.15, -0.1) is 11.3 Å². The molecule has 4 rings (SSSR count). The van der Waals surface area contributed by atoms with Crippen molar-refractivity contribution in [3.05, 3.63) is 101 Å². The van der Waals surface area contributed by atoms with Crippen molar-refractivity contribution < 1.29 is 4.79 Å². The number of amides is 1. The van der Waals surface area contributed by atoms with Gasteiger partial charge in [0, 0.05) is 18.2 Å². The van der Waals surface area contributed by atoms with Crippen molar-refractivity contribution >= 4 is 39.2 Å². The molecule has 1 N–H and O–H groups in total. The predicted octanol–water partition coefficient (Wildman–Crippen LogP) is 5.54. The number of para-hydroxylation sites is 1. The Kier molecular flexibility index (Phi) is 5.08. The third-order valence-corrected chi connectivity index (χ3v) is 5.18. The average Bonchev–Trinajstić information content (AvgIpc) is 3.11. The van der Waals surface area contributed by atoms with Crippen LogP contribution in [0.4, 0.5) is 5.69 Å². The second kappa shape index (κ2) is 7.98. The SMILES string of the molecule is O=C(/C=C/c1ccccc1)Nc1ccc(Cc2nc3ccccc3s2)cc1. The van der Waals surface area contributed by atoms with Gasteiger partial charge in [0.2, 0.25) is 5.91 Å². The summed E-state index contributed by atoms with van der Waals surface area (Å²) < 4.78 is 1.21. The van der Waals surface area contributed by atoms with Crippen molar-refractivity contribution in [3.8, 4) is 0 Å². The summed E-state index contributed by atoms with van der Waals surface area (Å²) >= 11 is 1.72. The maximum absolute atomic E-state index is 12.1. The summed E-state index contributed by atoms with van der Waals surface area (Å²) in [6.07, 6.45) is 4.14. The van der Waals surface area contributed by atoms with Gasteiger partial charge >= 0.3 is 0 Å². The Labute approximate surface area is 162 Å². The summed E-state index contributed by atoms with van der Waals surface area (Å²) in [7, 11) is 0. The molecule has 0 unspecified atom stereocenters. The first-order valence-electron chi connectivity index (χ1n) is 8.74. The van der Waals surface area contributed by atoms with Gasteiger partial charge in [-0.25, -0.2) is 4.98 Å². The first-order chi connectivity index (χ1) is 13.3. The highest BCUT2D eigenvalue weighted by atomic mass is 32.1. The van der Waals surface area contributed by atoms with E-state index in [1.54, 1.807) is 23.5 Å². The molecule has 4 heteroatoms. The Hall–Kier alpha value is -3.24. The van der Waals surface area contributed by atoms with E-state index >= 15 is 0 Å². The van der Waals surface area contributed by atoms with Crippen LogP contribution in [0, 0.1) is 0 Å². The summed E-state index contributed by atoms with van der Waals surface area (Å²) in [5.74, 6) is -0.141. The van der Waals surface area contributed by atoms with Crippen LogP contribution < -0.4 is 5.32 Å². The van der Waals surface area contributed by atoms with Gasteiger partial charge in [-0.2, -0.15) is 0 Å². The Balaban J connectivity index is 1.38. The molecule has 0 aliphatic heterocycles. The molecular formula is C23H18N2OS. The van der Waals surface area contributed by atoms with Crippen molar-refractivity contribution in [3.63, 3.8) is 0 Å². The number of thiazole rings is 1. The van der Waals surface area contributed by atoms with Crippen LogP contribution in [0.15, 0.2) is 84.9 Å². The maximum Gasteiger partial charge on any atom is 0.248 e. The van der Waals surface area contributed by atoms with Crippen molar-refractivity contribution in [2.24, 2.45) is 0 Å². The average molecular weight is 370 g/mol. The van der Waals surface area contributed by atoms with Crippen LogP contribution in [-0.2, 0) is 11.2 Å². The van der Waals surface area contributed by atoms with E-state index in [4.69, 9.17) is 0 Å². The molecule has 0 aliphatic rings. The third-order valence-electron chi connectivity index (χ3n) is 4.14. The van der Waals surface area contributed by atoms with Crippen molar-refractivity contribution in [1.29, 1.82) is 0 Å². The van der Waals surface area contributed by atoms with Crippen LogP contribution in [0.2, 0.25) is 0 Å². The summed E-state index contributed by atoms with van der Waals surface area (Å²) in [4.78, 5) is 16.7. The number of hydrogen-bond donors (Lipinski definition) is 1. The first-order valence-corrected chi connectivity index (χ1v) is 9.55. The predicted molar refractivity (Wildman–Crippen MR) is 113 cm³/mol. The second-order valence-corrected chi connectivity index (χ2v) is 7.30. The van der Waals surface area contributed by atoms with Gasteiger partial charge in [-0.05, 0) is 41.5 Å². The monoisotopic (exact) mass is 370 g/mol. The standard InChI is InChI=1S/C23H18N2OS/c26-22(15-12-17-6-2-1-3-7-17)24-19-13-10-18(11-14-19)16-23-25-20-8-4-5-9-21(20)27-23/h1-15H,16H2,(H,24,26)/b15-12+. The zero-order chi connectivity index (χ0) is 18.5. The zero-order valence-corrected chi connectivity index (χ0v) is 15.4. The molecule has 0 spiro atoms. The van der Waals surface area contributed by atoms with Crippen molar-refractivity contribution in [1.82, 2.24) is 4.98 Å². The number of nitrogens with zero attached hydrogens (tertiary/aromatic N) is 1. The summed E-state index contributed by atoms with van der Waals surface area (Å²) in [5.41, 5.74) is 4.00. The lowest BCUT2D eigenvalue weighted by molar-refractivity contribution is -0.111. The molecule has 3 aromatic carbocycles. The molecule has 1 heterocycles. The molecule has 0 saturated carbocycles. The van der Waals surface area contributed by atoms with E-state index in [0.717, 1.165) is 28.2 Å². The van der Waals surface area contributed by atoms with E-state index in [1.807, 2.05) is 72.8 Å². The van der Waals surface area contributed by atoms with Gasteiger partial charge in [-0.1, -0.05) is 54.6 Å². The molecule has 4 aromatic rings. The minimum atomic E-state index is -0.141. The zero-order valence-electron chi connectivity index (χ0n) is 14.6. The van der Waals surface area contributed by atoms with E-state index in [-0.39, 0.29) is 5.91 Å². The molecule has 0 bridgehead atoms. The Morgan fingerprint density at radius 3 is 2.44 bits per heavy atom. The topological polar surface area (TPSA) is 42.0 Å². The lowest BCUT2D eigenvalue weighted by Gasteiger charge is -2.04. The number of benzene rings is 3. The molecule has 3 nitrogen and oxygen atoms in total. The van der Waals surface area contributed by atoms with Crippen LogP contribution in [0.3, 0.4) is 0 Å². The number of rotatable bonds is 5.